The first-order valence-corrected chi connectivity index (χ1v) is 6.06. The van der Waals surface area contributed by atoms with Crippen LogP contribution in [0.1, 0.15) is 26.3 Å². The first kappa shape index (κ1) is 14.0. The highest BCUT2D eigenvalue weighted by molar-refractivity contribution is 5.37. The van der Waals surface area contributed by atoms with Crippen molar-refractivity contribution in [2.75, 3.05) is 20.2 Å². The van der Waals surface area contributed by atoms with Crippen LogP contribution in [0.5, 0.6) is 5.75 Å². The Hall–Kier alpha value is -1.06. The molecule has 1 rings (SSSR count). The predicted molar refractivity (Wildman–Crippen MR) is 70.3 cm³/mol. The van der Waals surface area contributed by atoms with E-state index in [-0.39, 0.29) is 0 Å². The maximum Gasteiger partial charge on any atom is 0.125 e. The molecule has 1 atom stereocenters. The van der Waals surface area contributed by atoms with Crippen molar-refractivity contribution in [2.24, 2.45) is 5.92 Å². The summed E-state index contributed by atoms with van der Waals surface area (Å²) in [7, 11) is 1.83. The highest BCUT2D eigenvalue weighted by atomic mass is 16.5. The third-order valence-electron chi connectivity index (χ3n) is 2.56. The fraction of sp³-hybridized carbons (Fsp3) is 0.571. The lowest BCUT2D eigenvalue weighted by Gasteiger charge is -2.26. The van der Waals surface area contributed by atoms with E-state index in [1.165, 1.54) is 0 Å². The normalized spacial score (nSPS) is 14.7. The van der Waals surface area contributed by atoms with Crippen LogP contribution in [0, 0.1) is 5.92 Å². The lowest BCUT2D eigenvalue weighted by atomic mass is 9.95. The number of ether oxygens (including phenoxy) is 1. The van der Waals surface area contributed by atoms with Crippen molar-refractivity contribution in [2.45, 2.75) is 26.4 Å². The molecule has 17 heavy (non-hydrogen) atoms. The Kier molecular flexibility index (Phi) is 4.97. The molecule has 1 unspecified atom stereocenters. The maximum atomic E-state index is 10.4. The van der Waals surface area contributed by atoms with E-state index in [1.807, 2.05) is 31.3 Å². The zero-order valence-electron chi connectivity index (χ0n) is 11.2. The van der Waals surface area contributed by atoms with Crippen LogP contribution in [-0.2, 0) is 5.60 Å². The summed E-state index contributed by atoms with van der Waals surface area (Å²) in [5.74, 6) is 1.23. The minimum absolute atomic E-state index is 0.470. The molecular formula is C14H23NO2. The molecule has 3 heteroatoms. The lowest BCUT2D eigenvalue weighted by molar-refractivity contribution is 0.0553. The number of hydrogen-bond acceptors (Lipinski definition) is 3. The van der Waals surface area contributed by atoms with E-state index in [0.717, 1.165) is 11.3 Å². The Morgan fingerprint density at radius 2 is 2.00 bits per heavy atom. The fourth-order valence-electron chi connectivity index (χ4n) is 1.73. The van der Waals surface area contributed by atoms with Gasteiger partial charge in [-0.1, -0.05) is 32.0 Å². The zero-order chi connectivity index (χ0) is 12.9. The molecule has 0 aliphatic rings. The van der Waals surface area contributed by atoms with Gasteiger partial charge in [-0.2, -0.15) is 0 Å². The van der Waals surface area contributed by atoms with Crippen LogP contribution in [0.3, 0.4) is 0 Å². The van der Waals surface area contributed by atoms with E-state index < -0.39 is 5.60 Å². The van der Waals surface area contributed by atoms with Gasteiger partial charge >= 0.3 is 0 Å². The van der Waals surface area contributed by atoms with Gasteiger partial charge in [-0.25, -0.2) is 0 Å². The van der Waals surface area contributed by atoms with Crippen LogP contribution in [0.15, 0.2) is 24.3 Å². The standard InChI is InChI=1S/C14H23NO2/c1-11(2)9-17-13-8-6-5-7-12(13)14(3,16)10-15-4/h5-8,11,15-16H,9-10H2,1-4H3. The van der Waals surface area contributed by atoms with Gasteiger partial charge in [-0.15, -0.1) is 0 Å². The Morgan fingerprint density at radius 1 is 1.35 bits per heavy atom. The topological polar surface area (TPSA) is 41.5 Å². The van der Waals surface area contributed by atoms with Crippen molar-refractivity contribution < 1.29 is 9.84 Å². The van der Waals surface area contributed by atoms with Gasteiger partial charge in [0.1, 0.15) is 11.4 Å². The molecule has 0 aromatic heterocycles. The van der Waals surface area contributed by atoms with E-state index in [9.17, 15) is 5.11 Å². The number of hydrogen-bond donors (Lipinski definition) is 2. The van der Waals surface area contributed by atoms with Gasteiger partial charge < -0.3 is 15.2 Å². The quantitative estimate of drug-likeness (QED) is 0.796. The van der Waals surface area contributed by atoms with Crippen molar-refractivity contribution in [3.05, 3.63) is 29.8 Å². The summed E-state index contributed by atoms with van der Waals surface area (Å²) in [6.07, 6.45) is 0. The maximum absolute atomic E-state index is 10.4. The van der Waals surface area contributed by atoms with Crippen LogP contribution in [0.4, 0.5) is 0 Å². The van der Waals surface area contributed by atoms with E-state index >= 15 is 0 Å². The second-order valence-corrected chi connectivity index (χ2v) is 5.01. The second-order valence-electron chi connectivity index (χ2n) is 5.01. The fourth-order valence-corrected chi connectivity index (χ4v) is 1.73. The summed E-state index contributed by atoms with van der Waals surface area (Å²) in [6, 6.07) is 7.66. The molecule has 1 aromatic carbocycles. The van der Waals surface area contributed by atoms with E-state index in [4.69, 9.17) is 4.74 Å². The van der Waals surface area contributed by atoms with Crippen LogP contribution < -0.4 is 10.1 Å². The first-order valence-electron chi connectivity index (χ1n) is 6.06. The molecule has 1 aromatic rings. The molecule has 0 aliphatic carbocycles. The number of para-hydroxylation sites is 1. The molecule has 0 heterocycles. The van der Waals surface area contributed by atoms with Crippen molar-refractivity contribution in [1.82, 2.24) is 5.32 Å². The van der Waals surface area contributed by atoms with Gasteiger partial charge in [-0.05, 0) is 26.0 Å². The summed E-state index contributed by atoms with van der Waals surface area (Å²) in [5.41, 5.74) is -0.0857. The number of rotatable bonds is 6. The molecule has 0 radical (unpaired) electrons. The molecule has 0 saturated carbocycles. The molecule has 3 nitrogen and oxygen atoms in total. The van der Waals surface area contributed by atoms with E-state index in [2.05, 4.69) is 19.2 Å². The van der Waals surface area contributed by atoms with Gasteiger partial charge in [0, 0.05) is 12.1 Å². The third kappa shape index (κ3) is 4.02. The van der Waals surface area contributed by atoms with E-state index in [1.54, 1.807) is 6.92 Å². The summed E-state index contributed by atoms with van der Waals surface area (Å²) in [6.45, 7) is 7.16. The summed E-state index contributed by atoms with van der Waals surface area (Å²) in [5, 5.41) is 13.4. The Bertz CT molecular complexity index is 348. The van der Waals surface area contributed by atoms with Crippen LogP contribution in [0.2, 0.25) is 0 Å². The van der Waals surface area contributed by atoms with Gasteiger partial charge in [-0.3, -0.25) is 0 Å². The Balaban J connectivity index is 2.90. The monoisotopic (exact) mass is 237 g/mol. The van der Waals surface area contributed by atoms with Crippen LogP contribution >= 0.6 is 0 Å². The Morgan fingerprint density at radius 3 is 2.59 bits per heavy atom. The highest BCUT2D eigenvalue weighted by Gasteiger charge is 2.25. The van der Waals surface area contributed by atoms with Crippen LogP contribution in [0.25, 0.3) is 0 Å². The molecule has 0 amide bonds. The smallest absolute Gasteiger partial charge is 0.125 e. The average molecular weight is 237 g/mol. The molecule has 0 saturated heterocycles. The molecule has 2 N–H and O–H groups in total. The molecular weight excluding hydrogens is 214 g/mol. The molecule has 0 aliphatic heterocycles. The van der Waals surface area contributed by atoms with Gasteiger partial charge in [0.15, 0.2) is 0 Å². The largest absolute Gasteiger partial charge is 0.493 e. The lowest BCUT2D eigenvalue weighted by Crippen LogP contribution is -2.34. The number of benzene rings is 1. The predicted octanol–water partition coefficient (Wildman–Crippen LogP) is 2.15. The molecule has 96 valence electrons. The third-order valence-corrected chi connectivity index (χ3v) is 2.56. The SMILES string of the molecule is CNCC(C)(O)c1ccccc1OCC(C)C. The minimum atomic E-state index is -0.914. The number of likely N-dealkylation sites (N-methyl/N-ethyl adjacent to an activating group) is 1. The van der Waals surface area contributed by atoms with Crippen molar-refractivity contribution in [1.29, 1.82) is 0 Å². The first-order chi connectivity index (χ1) is 7.97. The highest BCUT2D eigenvalue weighted by Crippen LogP contribution is 2.29. The summed E-state index contributed by atoms with van der Waals surface area (Å²) >= 11 is 0. The minimum Gasteiger partial charge on any atom is -0.493 e. The van der Waals surface area contributed by atoms with Crippen molar-refractivity contribution in [3.63, 3.8) is 0 Å². The average Bonchev–Trinajstić information content (AvgIpc) is 2.26. The Labute approximate surface area is 104 Å². The van der Waals surface area contributed by atoms with Gasteiger partial charge in [0.2, 0.25) is 0 Å². The molecule has 0 fully saturated rings. The molecule has 0 spiro atoms. The number of aliphatic hydroxyl groups is 1. The summed E-state index contributed by atoms with van der Waals surface area (Å²) in [4.78, 5) is 0. The second kappa shape index (κ2) is 6.03. The summed E-state index contributed by atoms with van der Waals surface area (Å²) < 4.78 is 5.74. The van der Waals surface area contributed by atoms with Crippen molar-refractivity contribution in [3.8, 4) is 5.75 Å². The van der Waals surface area contributed by atoms with Crippen LogP contribution in [-0.4, -0.2) is 25.3 Å². The number of nitrogens with one attached hydrogen (secondary N) is 1. The van der Waals surface area contributed by atoms with Gasteiger partial charge in [0.25, 0.3) is 0 Å². The molecule has 0 bridgehead atoms. The van der Waals surface area contributed by atoms with Gasteiger partial charge in [0.05, 0.1) is 6.61 Å². The van der Waals surface area contributed by atoms with E-state index in [0.29, 0.717) is 19.1 Å². The zero-order valence-corrected chi connectivity index (χ0v) is 11.2. The van der Waals surface area contributed by atoms with Crippen molar-refractivity contribution >= 4 is 0 Å².